The summed E-state index contributed by atoms with van der Waals surface area (Å²) in [4.78, 5) is 13.5. The number of thioether (sulfide) groups is 1. The molecule has 148 valence electrons. The Morgan fingerprint density at radius 3 is 2.79 bits per heavy atom. The van der Waals surface area contributed by atoms with Crippen molar-refractivity contribution in [2.45, 2.75) is 31.3 Å². The van der Waals surface area contributed by atoms with Gasteiger partial charge in [-0.1, -0.05) is 24.3 Å². The fraction of sp³-hybridized carbons (Fsp3) is 0.261. The van der Waals surface area contributed by atoms with Crippen molar-refractivity contribution in [1.82, 2.24) is 4.57 Å². The van der Waals surface area contributed by atoms with Crippen molar-refractivity contribution in [2.24, 2.45) is 0 Å². The van der Waals surface area contributed by atoms with Gasteiger partial charge in [0.1, 0.15) is 5.82 Å². The third kappa shape index (κ3) is 2.94. The Kier molecular flexibility index (Phi) is 4.39. The van der Waals surface area contributed by atoms with E-state index in [9.17, 15) is 9.18 Å². The highest BCUT2D eigenvalue weighted by Crippen LogP contribution is 2.41. The monoisotopic (exact) mass is 409 g/mol. The molecule has 2 aliphatic heterocycles. The van der Waals surface area contributed by atoms with Crippen LogP contribution < -0.4 is 15.0 Å². The highest BCUT2D eigenvalue weighted by molar-refractivity contribution is 7.99. The van der Waals surface area contributed by atoms with Crippen molar-refractivity contribution in [1.29, 1.82) is 0 Å². The van der Waals surface area contributed by atoms with Gasteiger partial charge < -0.3 is 9.47 Å². The number of aromatic nitrogens is 1. The molecule has 5 rings (SSSR count). The first-order valence-corrected chi connectivity index (χ1v) is 10.6. The second-order valence-corrected chi connectivity index (χ2v) is 8.46. The van der Waals surface area contributed by atoms with Gasteiger partial charge in [0, 0.05) is 18.2 Å². The van der Waals surface area contributed by atoms with Gasteiger partial charge in [0.15, 0.2) is 11.5 Å². The fourth-order valence-corrected chi connectivity index (χ4v) is 5.44. The van der Waals surface area contributed by atoms with E-state index in [0.717, 1.165) is 27.5 Å². The van der Waals surface area contributed by atoms with Crippen molar-refractivity contribution >= 4 is 11.8 Å². The summed E-state index contributed by atoms with van der Waals surface area (Å²) >= 11 is 1.68. The van der Waals surface area contributed by atoms with E-state index in [2.05, 4.69) is 6.92 Å². The van der Waals surface area contributed by atoms with Crippen LogP contribution in [-0.2, 0) is 6.42 Å². The molecule has 1 aromatic heterocycles. The molecular formula is C23H20FNO3S. The average molecular weight is 409 g/mol. The van der Waals surface area contributed by atoms with Gasteiger partial charge in [-0.2, -0.15) is 0 Å². The first-order valence-electron chi connectivity index (χ1n) is 9.59. The lowest BCUT2D eigenvalue weighted by atomic mass is 9.94. The quantitative estimate of drug-likeness (QED) is 0.614. The van der Waals surface area contributed by atoms with Gasteiger partial charge in [-0.05, 0) is 54.3 Å². The molecule has 2 aromatic carbocycles. The van der Waals surface area contributed by atoms with Crippen LogP contribution >= 0.6 is 11.8 Å². The van der Waals surface area contributed by atoms with Gasteiger partial charge in [0.2, 0.25) is 6.79 Å². The van der Waals surface area contributed by atoms with Crippen LogP contribution in [0.1, 0.15) is 29.7 Å². The molecule has 1 atom stereocenters. The molecule has 29 heavy (non-hydrogen) atoms. The largest absolute Gasteiger partial charge is 0.454 e. The van der Waals surface area contributed by atoms with Crippen molar-refractivity contribution in [2.75, 3.05) is 12.5 Å². The molecule has 6 heteroatoms. The molecule has 4 nitrogen and oxygen atoms in total. The van der Waals surface area contributed by atoms with E-state index >= 15 is 0 Å². The van der Waals surface area contributed by atoms with Crippen molar-refractivity contribution in [3.05, 3.63) is 75.3 Å². The molecule has 3 heterocycles. The van der Waals surface area contributed by atoms with Crippen molar-refractivity contribution in [3.8, 4) is 22.6 Å². The number of hydrogen-bond acceptors (Lipinski definition) is 4. The van der Waals surface area contributed by atoms with Crippen LogP contribution in [0.3, 0.4) is 0 Å². The summed E-state index contributed by atoms with van der Waals surface area (Å²) < 4.78 is 27.2. The minimum absolute atomic E-state index is 0.00820. The van der Waals surface area contributed by atoms with Gasteiger partial charge in [0.05, 0.1) is 10.6 Å². The first-order chi connectivity index (χ1) is 14.0. The number of hydrogen-bond donors (Lipinski definition) is 0. The highest BCUT2D eigenvalue weighted by atomic mass is 32.2. The Labute approximate surface area is 172 Å². The lowest BCUT2D eigenvalue weighted by Crippen LogP contribution is -2.26. The second-order valence-electron chi connectivity index (χ2n) is 7.46. The fourth-order valence-electron chi connectivity index (χ4n) is 4.09. The molecule has 0 N–H and O–H groups in total. The summed E-state index contributed by atoms with van der Waals surface area (Å²) in [6.45, 7) is 4.20. The molecule has 0 aliphatic carbocycles. The lowest BCUT2D eigenvalue weighted by Gasteiger charge is -2.19. The number of ether oxygens (including phenoxy) is 2. The van der Waals surface area contributed by atoms with Gasteiger partial charge in [-0.25, -0.2) is 4.39 Å². The summed E-state index contributed by atoms with van der Waals surface area (Å²) in [6, 6.07) is 12.5. The van der Waals surface area contributed by atoms with Gasteiger partial charge in [-0.15, -0.1) is 11.8 Å². The number of halogens is 1. The van der Waals surface area contributed by atoms with E-state index in [4.69, 9.17) is 9.47 Å². The molecule has 0 radical (unpaired) electrons. The Morgan fingerprint density at radius 1 is 1.17 bits per heavy atom. The standard InChI is InChI=1S/C23H20FNO3S/c1-13-11-29-23-17(9-15-5-3-4-6-18(15)24)14(2)21(22(26)25(13)23)16-7-8-19-20(10-16)28-12-27-19/h3-8,10,13H,9,11-12H2,1-2H3. The number of benzene rings is 2. The SMILES string of the molecule is Cc1c(Cc2ccccc2F)c2n(c(=O)c1-c1ccc3c(c1)OCO3)C(C)CS2. The molecule has 0 fully saturated rings. The zero-order chi connectivity index (χ0) is 20.1. The van der Waals surface area contributed by atoms with Crippen LogP contribution in [0.2, 0.25) is 0 Å². The molecule has 3 aromatic rings. The Bertz CT molecular complexity index is 1190. The summed E-state index contributed by atoms with van der Waals surface area (Å²) in [5.74, 6) is 1.94. The molecule has 0 saturated carbocycles. The zero-order valence-electron chi connectivity index (χ0n) is 16.2. The molecule has 0 bridgehead atoms. The lowest BCUT2D eigenvalue weighted by molar-refractivity contribution is 0.174. The summed E-state index contributed by atoms with van der Waals surface area (Å²) in [5, 5.41) is 0.952. The van der Waals surface area contributed by atoms with Crippen LogP contribution in [0.4, 0.5) is 4.39 Å². The third-order valence-electron chi connectivity index (χ3n) is 5.63. The molecule has 0 saturated heterocycles. The Hall–Kier alpha value is -2.73. The second kappa shape index (κ2) is 6.95. The van der Waals surface area contributed by atoms with Crippen LogP contribution in [0.5, 0.6) is 11.5 Å². The van der Waals surface area contributed by atoms with E-state index in [1.54, 1.807) is 23.9 Å². The molecule has 0 spiro atoms. The maximum atomic E-state index is 14.4. The van der Waals surface area contributed by atoms with Crippen molar-refractivity contribution < 1.29 is 13.9 Å². The summed E-state index contributed by atoms with van der Waals surface area (Å²) in [5.41, 5.74) is 3.97. The highest BCUT2D eigenvalue weighted by Gasteiger charge is 2.29. The number of nitrogens with zero attached hydrogens (tertiary/aromatic N) is 1. The predicted octanol–water partition coefficient (Wildman–Crippen LogP) is 4.95. The zero-order valence-corrected chi connectivity index (χ0v) is 17.0. The molecular weight excluding hydrogens is 389 g/mol. The van der Waals surface area contributed by atoms with Gasteiger partial charge in [-0.3, -0.25) is 9.36 Å². The average Bonchev–Trinajstić information content (AvgIpc) is 3.33. The molecule has 2 aliphatic rings. The Balaban J connectivity index is 1.73. The van der Waals surface area contributed by atoms with E-state index in [1.807, 2.05) is 35.8 Å². The number of rotatable bonds is 3. The van der Waals surface area contributed by atoms with Gasteiger partial charge in [0.25, 0.3) is 5.56 Å². The van der Waals surface area contributed by atoms with Crippen LogP contribution in [0, 0.1) is 12.7 Å². The van der Waals surface area contributed by atoms with Gasteiger partial charge >= 0.3 is 0 Å². The minimum Gasteiger partial charge on any atom is -0.454 e. The topological polar surface area (TPSA) is 40.5 Å². The number of pyridine rings is 1. The predicted molar refractivity (Wildman–Crippen MR) is 112 cm³/mol. The Morgan fingerprint density at radius 2 is 1.97 bits per heavy atom. The first kappa shape index (κ1) is 18.3. The number of fused-ring (bicyclic) bond motifs is 2. The summed E-state index contributed by atoms with van der Waals surface area (Å²) in [7, 11) is 0. The maximum Gasteiger partial charge on any atom is 0.259 e. The van der Waals surface area contributed by atoms with Crippen LogP contribution in [0.15, 0.2) is 52.3 Å². The van der Waals surface area contributed by atoms with E-state index in [0.29, 0.717) is 29.0 Å². The maximum absolute atomic E-state index is 14.4. The smallest absolute Gasteiger partial charge is 0.259 e. The van der Waals surface area contributed by atoms with Crippen LogP contribution in [0.25, 0.3) is 11.1 Å². The normalized spacial score (nSPS) is 16.9. The molecule has 1 unspecified atom stereocenters. The minimum atomic E-state index is -0.225. The van der Waals surface area contributed by atoms with E-state index in [-0.39, 0.29) is 24.2 Å². The summed E-state index contributed by atoms with van der Waals surface area (Å²) in [6.07, 6.45) is 0.450. The van der Waals surface area contributed by atoms with E-state index < -0.39 is 0 Å². The van der Waals surface area contributed by atoms with E-state index in [1.165, 1.54) is 6.07 Å². The molecule has 0 amide bonds. The van der Waals surface area contributed by atoms with Crippen molar-refractivity contribution in [3.63, 3.8) is 0 Å². The van der Waals surface area contributed by atoms with Crippen LogP contribution in [-0.4, -0.2) is 17.1 Å². The third-order valence-corrected chi connectivity index (χ3v) is 6.99.